The van der Waals surface area contributed by atoms with Gasteiger partial charge in [-0.05, 0) is 86.6 Å². The van der Waals surface area contributed by atoms with Crippen molar-refractivity contribution in [3.8, 4) is 16.9 Å². The number of allylic oxidation sites excluding steroid dienone is 1. The minimum atomic E-state index is -0.375. The average Bonchev–Trinajstić information content (AvgIpc) is 3.71. The summed E-state index contributed by atoms with van der Waals surface area (Å²) in [6.07, 6.45) is 5.88. The van der Waals surface area contributed by atoms with Gasteiger partial charge in [-0.3, -0.25) is 4.68 Å². The molecule has 3 heterocycles. The number of nitrogens with one attached hydrogen (secondary N) is 2. The highest BCUT2D eigenvalue weighted by Gasteiger charge is 2.27. The van der Waals surface area contributed by atoms with Gasteiger partial charge >= 0.3 is 5.97 Å². The number of aromatic nitrogens is 3. The Balaban J connectivity index is 1.47. The van der Waals surface area contributed by atoms with E-state index in [2.05, 4.69) is 22.0 Å². The van der Waals surface area contributed by atoms with Crippen molar-refractivity contribution in [3.05, 3.63) is 74.8 Å². The third-order valence-electron chi connectivity index (χ3n) is 8.95. The van der Waals surface area contributed by atoms with Crippen molar-refractivity contribution in [2.24, 2.45) is 7.05 Å². The van der Waals surface area contributed by atoms with Gasteiger partial charge in [-0.25, -0.2) is 4.79 Å². The largest absolute Gasteiger partial charge is 0.493 e. The summed E-state index contributed by atoms with van der Waals surface area (Å²) in [7, 11) is 5.28. The molecule has 2 N–H and O–H groups in total. The zero-order valence-electron chi connectivity index (χ0n) is 27.0. The van der Waals surface area contributed by atoms with E-state index in [1.165, 1.54) is 23.1 Å². The molecule has 4 aromatic rings. The Bertz CT molecular complexity index is 1880. The number of benzene rings is 2. The lowest BCUT2D eigenvalue weighted by Gasteiger charge is -2.15. The number of carbonyl (C=O) groups is 1. The molecule has 0 unspecified atom stereocenters. The van der Waals surface area contributed by atoms with Crippen LogP contribution in [0, 0.1) is 19.3 Å². The second-order valence-corrected chi connectivity index (χ2v) is 14.2. The molecule has 8 nitrogen and oxygen atoms in total. The highest BCUT2D eigenvalue weighted by molar-refractivity contribution is 7.99. The summed E-state index contributed by atoms with van der Waals surface area (Å²) in [6.45, 7) is 5.12. The number of rotatable bonds is 2. The van der Waals surface area contributed by atoms with E-state index in [9.17, 15) is 4.79 Å². The van der Waals surface area contributed by atoms with Crippen LogP contribution in [0.25, 0.3) is 22.0 Å². The average molecular weight is 678 g/mol. The minimum Gasteiger partial charge on any atom is -0.493 e. The monoisotopic (exact) mass is 677 g/mol. The van der Waals surface area contributed by atoms with Gasteiger partial charge in [0.1, 0.15) is 11.4 Å². The van der Waals surface area contributed by atoms with E-state index in [0.29, 0.717) is 47.5 Å². The van der Waals surface area contributed by atoms with Crippen LogP contribution in [0.1, 0.15) is 51.4 Å². The van der Waals surface area contributed by atoms with E-state index in [0.717, 1.165) is 75.4 Å². The summed E-state index contributed by atoms with van der Waals surface area (Å²) in [5.41, 5.74) is 10.3. The molecule has 1 aliphatic carbocycles. The van der Waals surface area contributed by atoms with Crippen LogP contribution < -0.4 is 10.1 Å². The number of carbonyl (C=O) groups excluding carboxylic acids is 1. The van der Waals surface area contributed by atoms with Crippen molar-refractivity contribution in [2.75, 3.05) is 32.3 Å². The Morgan fingerprint density at radius 1 is 1.13 bits per heavy atom. The van der Waals surface area contributed by atoms with Crippen LogP contribution in [-0.4, -0.2) is 58.3 Å². The Morgan fingerprint density at radius 3 is 2.74 bits per heavy atom. The Hall–Kier alpha value is -3.34. The van der Waals surface area contributed by atoms with E-state index in [-0.39, 0.29) is 5.97 Å². The van der Waals surface area contributed by atoms with Gasteiger partial charge in [0.15, 0.2) is 0 Å². The smallest absolute Gasteiger partial charge is 0.354 e. The molecule has 6 rings (SSSR count). The standard InChI is InChI=1S/C35H40ClN5O3S2/c1-20-31-29-11-10-27(36)33(31)32-21(2)40(4)39-28(32)19-45-17-23(37)15-24(38-3)18-46-25-14-22-8-6-9-26(22)30(16-25)44-13-7-12-41(29)34(20)35(42)43-5/h10-11,14-16,37-38H,6-9,12-13,17-19H2,1-5H3/b24-15-,37-23?. The Morgan fingerprint density at radius 2 is 1.96 bits per heavy atom. The first kappa shape index (κ1) is 32.6. The first-order chi connectivity index (χ1) is 22.2. The number of hydrogen-bond donors (Lipinski definition) is 2. The molecule has 0 amide bonds. The number of aryl methyl sites for hydroxylation is 4. The zero-order chi connectivity index (χ0) is 32.5. The van der Waals surface area contributed by atoms with Crippen LogP contribution in [0.4, 0.5) is 0 Å². The highest BCUT2D eigenvalue weighted by atomic mass is 35.5. The third kappa shape index (κ3) is 6.19. The second-order valence-electron chi connectivity index (χ2n) is 11.8. The number of thioether (sulfide) groups is 2. The van der Waals surface area contributed by atoms with E-state index >= 15 is 0 Å². The molecule has 0 saturated heterocycles. The molecule has 6 bridgehead atoms. The SMILES string of the molecule is CN/C1=C\C(=N)CSCc2nn(C)c(C)c2-c2c(Cl)ccc3c2c(C)c(C(=O)OC)n3CCCOc2cc(cc3c2CCC3)SC1. The van der Waals surface area contributed by atoms with E-state index in [1.807, 2.05) is 50.8 Å². The lowest BCUT2D eigenvalue weighted by Crippen LogP contribution is -2.14. The van der Waals surface area contributed by atoms with E-state index in [1.54, 1.807) is 23.5 Å². The van der Waals surface area contributed by atoms with Crippen LogP contribution in [0.15, 0.2) is 40.9 Å². The summed E-state index contributed by atoms with van der Waals surface area (Å²) < 4.78 is 15.7. The van der Waals surface area contributed by atoms with Crippen LogP contribution in [-0.2, 0) is 36.9 Å². The highest BCUT2D eigenvalue weighted by Crippen LogP contribution is 2.43. The molecule has 0 radical (unpaired) electrons. The van der Waals surface area contributed by atoms with Gasteiger partial charge in [-0.15, -0.1) is 23.5 Å². The summed E-state index contributed by atoms with van der Waals surface area (Å²) >= 11 is 10.4. The first-order valence-corrected chi connectivity index (χ1v) is 18.1. The predicted octanol–water partition coefficient (Wildman–Crippen LogP) is 7.52. The predicted molar refractivity (Wildman–Crippen MR) is 190 cm³/mol. The molecule has 1 aliphatic heterocycles. The second kappa shape index (κ2) is 13.8. The molecule has 2 aromatic heterocycles. The van der Waals surface area contributed by atoms with Crippen molar-refractivity contribution >= 4 is 57.7 Å². The van der Waals surface area contributed by atoms with Crippen molar-refractivity contribution in [1.82, 2.24) is 19.7 Å². The zero-order valence-corrected chi connectivity index (χ0v) is 29.4. The molecule has 2 aromatic carbocycles. The van der Waals surface area contributed by atoms with Gasteiger partial charge in [-0.1, -0.05) is 11.6 Å². The fourth-order valence-electron chi connectivity index (χ4n) is 6.66. The van der Waals surface area contributed by atoms with Gasteiger partial charge < -0.3 is 24.8 Å². The molecular formula is C35H40ClN5O3S2. The third-order valence-corrected chi connectivity index (χ3v) is 11.3. The van der Waals surface area contributed by atoms with Gasteiger partial charge in [0.25, 0.3) is 0 Å². The normalized spacial score (nSPS) is 17.1. The molecule has 0 spiro atoms. The van der Waals surface area contributed by atoms with Crippen molar-refractivity contribution in [3.63, 3.8) is 0 Å². The maximum Gasteiger partial charge on any atom is 0.354 e. The molecule has 11 heteroatoms. The lowest BCUT2D eigenvalue weighted by atomic mass is 9.97. The summed E-state index contributed by atoms with van der Waals surface area (Å²) in [6, 6.07) is 8.38. The maximum atomic E-state index is 13.3. The lowest BCUT2D eigenvalue weighted by molar-refractivity contribution is 0.0587. The quantitative estimate of drug-likeness (QED) is 0.212. The number of esters is 1. The topological polar surface area (TPSA) is 94.2 Å². The summed E-state index contributed by atoms with van der Waals surface area (Å²) in [5.74, 6) is 2.47. The van der Waals surface area contributed by atoms with Crippen LogP contribution in [0.2, 0.25) is 5.02 Å². The fourth-order valence-corrected chi connectivity index (χ4v) is 8.68. The Labute approximate surface area is 283 Å². The maximum absolute atomic E-state index is 13.3. The van der Waals surface area contributed by atoms with Crippen LogP contribution in [0.3, 0.4) is 0 Å². The number of hydrogen-bond acceptors (Lipinski definition) is 8. The molecule has 0 atom stereocenters. The summed E-state index contributed by atoms with van der Waals surface area (Å²) in [5, 5.41) is 18.4. The van der Waals surface area contributed by atoms with Crippen molar-refractivity contribution in [2.45, 2.75) is 56.7 Å². The van der Waals surface area contributed by atoms with Gasteiger partial charge in [0.05, 0.1) is 19.4 Å². The Kier molecular flexibility index (Phi) is 9.77. The fraction of sp³-hybridized carbons (Fsp3) is 0.400. The number of methoxy groups -OCH3 is 1. The van der Waals surface area contributed by atoms with E-state index < -0.39 is 0 Å². The molecule has 242 valence electrons. The molecule has 0 fully saturated rings. The molecular weight excluding hydrogens is 638 g/mol. The molecule has 2 aliphatic rings. The van der Waals surface area contributed by atoms with Gasteiger partial charge in [-0.2, -0.15) is 5.10 Å². The van der Waals surface area contributed by atoms with Gasteiger partial charge in [0.2, 0.25) is 0 Å². The number of halogens is 1. The van der Waals surface area contributed by atoms with Crippen molar-refractivity contribution in [1.29, 1.82) is 5.41 Å². The number of ether oxygens (including phenoxy) is 2. The minimum absolute atomic E-state index is 0.375. The van der Waals surface area contributed by atoms with Gasteiger partial charge in [0, 0.05) is 86.9 Å². The number of fused-ring (bicyclic) bond motifs is 6. The summed E-state index contributed by atoms with van der Waals surface area (Å²) in [4.78, 5) is 14.4. The molecule has 0 saturated carbocycles. The number of nitrogens with zero attached hydrogens (tertiary/aromatic N) is 3. The molecule has 46 heavy (non-hydrogen) atoms. The first-order valence-electron chi connectivity index (χ1n) is 15.6. The van der Waals surface area contributed by atoms with Crippen molar-refractivity contribution < 1.29 is 14.3 Å². The van der Waals surface area contributed by atoms with E-state index in [4.69, 9.17) is 31.6 Å². The van der Waals surface area contributed by atoms with Crippen LogP contribution in [0.5, 0.6) is 5.75 Å². The van der Waals surface area contributed by atoms with Crippen LogP contribution >= 0.6 is 35.1 Å².